The van der Waals surface area contributed by atoms with E-state index in [0.29, 0.717) is 11.3 Å². The van der Waals surface area contributed by atoms with Gasteiger partial charge in [-0.2, -0.15) is 12.6 Å². The highest BCUT2D eigenvalue weighted by Crippen LogP contribution is 2.19. The molecule has 0 amide bonds. The number of rotatable bonds is 4. The molecule has 0 unspecified atom stereocenters. The summed E-state index contributed by atoms with van der Waals surface area (Å²) in [6, 6.07) is 5.29. The topological polar surface area (TPSA) is 52.3 Å². The molecule has 0 aliphatic carbocycles. The molecule has 0 spiro atoms. The van der Waals surface area contributed by atoms with Crippen LogP contribution in [0.1, 0.15) is 22.3 Å². The van der Waals surface area contributed by atoms with E-state index in [1.54, 1.807) is 12.1 Å². The molecule has 2 N–H and O–H groups in total. The van der Waals surface area contributed by atoms with Crippen molar-refractivity contribution >= 4 is 30.4 Å². The summed E-state index contributed by atoms with van der Waals surface area (Å²) < 4.78 is 4.64. The van der Waals surface area contributed by atoms with E-state index in [0.717, 1.165) is 17.7 Å². The number of thiol groups is 1. The molecule has 0 aromatic heterocycles. The van der Waals surface area contributed by atoms with Gasteiger partial charge in [0.15, 0.2) is 0 Å². The highest BCUT2D eigenvalue weighted by molar-refractivity contribution is 7.80. The van der Waals surface area contributed by atoms with Crippen LogP contribution in [0.15, 0.2) is 24.3 Å². The summed E-state index contributed by atoms with van der Waals surface area (Å²) in [5, 5.41) is 0. The molecule has 86 valence electrons. The van der Waals surface area contributed by atoms with Crippen LogP contribution in [-0.2, 0) is 4.74 Å². The molecule has 3 nitrogen and oxygen atoms in total. The second kappa shape index (κ2) is 6.23. The number of nitrogen functional groups attached to an aromatic ring is 1. The van der Waals surface area contributed by atoms with Gasteiger partial charge in [0.1, 0.15) is 0 Å². The Labute approximate surface area is 101 Å². The minimum Gasteiger partial charge on any atom is -0.465 e. The predicted octanol–water partition coefficient (Wildman–Crippen LogP) is 2.39. The smallest absolute Gasteiger partial charge is 0.339 e. The average Bonchev–Trinajstić information content (AvgIpc) is 2.30. The summed E-state index contributed by atoms with van der Waals surface area (Å²) in [5.41, 5.74) is 7.54. The van der Waals surface area contributed by atoms with Crippen LogP contribution in [0.4, 0.5) is 5.69 Å². The molecule has 0 saturated carbocycles. The molecule has 0 fully saturated rings. The molecule has 0 bridgehead atoms. The quantitative estimate of drug-likeness (QED) is 0.480. The van der Waals surface area contributed by atoms with E-state index in [4.69, 9.17) is 5.73 Å². The molecule has 0 heterocycles. The third kappa shape index (κ3) is 3.03. The van der Waals surface area contributed by atoms with Crippen molar-refractivity contribution in [1.82, 2.24) is 0 Å². The van der Waals surface area contributed by atoms with Crippen LogP contribution < -0.4 is 5.73 Å². The van der Waals surface area contributed by atoms with Gasteiger partial charge in [0, 0.05) is 0 Å². The van der Waals surface area contributed by atoms with E-state index >= 15 is 0 Å². The molecular weight excluding hydrogens is 222 g/mol. The molecule has 16 heavy (non-hydrogen) atoms. The second-order valence-electron chi connectivity index (χ2n) is 3.21. The Kier molecular flexibility index (Phi) is 4.92. The standard InChI is InChI=1S/C12H15NO2S/c1-15-12(14)10-7-4-6-9(11(10)13)5-2-3-8-16/h2,4-7,16H,3,8,13H2,1H3. The number of methoxy groups -OCH3 is 1. The number of hydrogen-bond donors (Lipinski definition) is 2. The van der Waals surface area contributed by atoms with Gasteiger partial charge < -0.3 is 10.5 Å². The average molecular weight is 237 g/mol. The molecule has 1 aromatic carbocycles. The number of hydrogen-bond acceptors (Lipinski definition) is 4. The van der Waals surface area contributed by atoms with E-state index < -0.39 is 5.97 Å². The largest absolute Gasteiger partial charge is 0.465 e. The number of esters is 1. The van der Waals surface area contributed by atoms with E-state index in [1.807, 2.05) is 18.2 Å². The zero-order valence-corrected chi connectivity index (χ0v) is 10.0. The van der Waals surface area contributed by atoms with E-state index in [-0.39, 0.29) is 0 Å². The van der Waals surface area contributed by atoms with Crippen LogP contribution in [0, 0.1) is 0 Å². The Balaban J connectivity index is 2.99. The first-order valence-corrected chi connectivity index (χ1v) is 5.58. The molecule has 4 heteroatoms. The van der Waals surface area contributed by atoms with Gasteiger partial charge in [-0.25, -0.2) is 4.79 Å². The summed E-state index contributed by atoms with van der Waals surface area (Å²) in [6.45, 7) is 0. The van der Waals surface area contributed by atoms with Crippen molar-refractivity contribution in [2.45, 2.75) is 6.42 Å². The zero-order valence-electron chi connectivity index (χ0n) is 9.14. The molecule has 1 rings (SSSR count). The highest BCUT2D eigenvalue weighted by Gasteiger charge is 2.10. The SMILES string of the molecule is COC(=O)c1cccc(C=CCCS)c1N. The molecule has 0 atom stereocenters. The van der Waals surface area contributed by atoms with Crippen molar-refractivity contribution in [1.29, 1.82) is 0 Å². The fourth-order valence-electron chi connectivity index (χ4n) is 1.30. The minimum atomic E-state index is -0.415. The number of carbonyl (C=O) groups excluding carboxylic acids is 1. The number of para-hydroxylation sites is 1. The lowest BCUT2D eigenvalue weighted by Crippen LogP contribution is -2.06. The lowest BCUT2D eigenvalue weighted by Gasteiger charge is -2.06. The monoisotopic (exact) mass is 237 g/mol. The number of anilines is 1. The van der Waals surface area contributed by atoms with Gasteiger partial charge in [-0.1, -0.05) is 24.3 Å². The fraction of sp³-hybridized carbons (Fsp3) is 0.250. The van der Waals surface area contributed by atoms with Crippen LogP contribution in [0.5, 0.6) is 0 Å². The van der Waals surface area contributed by atoms with Gasteiger partial charge in [-0.3, -0.25) is 0 Å². The maximum atomic E-state index is 11.4. The van der Waals surface area contributed by atoms with Gasteiger partial charge in [0.2, 0.25) is 0 Å². The van der Waals surface area contributed by atoms with Gasteiger partial charge >= 0.3 is 5.97 Å². The van der Waals surface area contributed by atoms with Crippen molar-refractivity contribution in [3.8, 4) is 0 Å². The summed E-state index contributed by atoms with van der Waals surface area (Å²) in [7, 11) is 1.34. The van der Waals surface area contributed by atoms with E-state index in [1.165, 1.54) is 7.11 Å². The first kappa shape index (κ1) is 12.6. The van der Waals surface area contributed by atoms with Crippen LogP contribution in [0.2, 0.25) is 0 Å². The van der Waals surface area contributed by atoms with Crippen LogP contribution >= 0.6 is 12.6 Å². The number of carbonyl (C=O) groups is 1. The van der Waals surface area contributed by atoms with Crippen molar-refractivity contribution in [2.75, 3.05) is 18.6 Å². The van der Waals surface area contributed by atoms with Crippen molar-refractivity contribution in [2.24, 2.45) is 0 Å². The normalized spacial score (nSPS) is 10.6. The van der Waals surface area contributed by atoms with Crippen molar-refractivity contribution in [3.05, 3.63) is 35.4 Å². The molecular formula is C12H15NO2S. The highest BCUT2D eigenvalue weighted by atomic mass is 32.1. The molecule has 0 aliphatic heterocycles. The Morgan fingerprint density at radius 1 is 1.56 bits per heavy atom. The summed E-state index contributed by atoms with van der Waals surface area (Å²) in [5.74, 6) is 0.370. The Morgan fingerprint density at radius 2 is 2.31 bits per heavy atom. The predicted molar refractivity (Wildman–Crippen MR) is 69.7 cm³/mol. The van der Waals surface area contributed by atoms with Crippen LogP contribution in [0.25, 0.3) is 6.08 Å². The molecule has 0 aliphatic rings. The lowest BCUT2D eigenvalue weighted by atomic mass is 10.1. The zero-order chi connectivity index (χ0) is 12.0. The molecule has 0 saturated heterocycles. The summed E-state index contributed by atoms with van der Waals surface area (Å²) in [4.78, 5) is 11.4. The van der Waals surface area contributed by atoms with Crippen molar-refractivity contribution < 1.29 is 9.53 Å². The van der Waals surface area contributed by atoms with Gasteiger partial charge in [-0.15, -0.1) is 0 Å². The first-order chi connectivity index (χ1) is 7.70. The summed E-state index contributed by atoms with van der Waals surface area (Å²) >= 11 is 4.10. The summed E-state index contributed by atoms with van der Waals surface area (Å²) in [6.07, 6.45) is 4.72. The third-order valence-corrected chi connectivity index (χ3v) is 2.40. The van der Waals surface area contributed by atoms with Crippen LogP contribution in [-0.4, -0.2) is 18.8 Å². The van der Waals surface area contributed by atoms with Crippen LogP contribution in [0.3, 0.4) is 0 Å². The number of ether oxygens (including phenoxy) is 1. The fourth-order valence-corrected chi connectivity index (χ4v) is 1.45. The Morgan fingerprint density at radius 3 is 2.94 bits per heavy atom. The molecule has 1 aromatic rings. The third-order valence-electron chi connectivity index (χ3n) is 2.14. The number of benzene rings is 1. The van der Waals surface area contributed by atoms with Gasteiger partial charge in [-0.05, 0) is 23.8 Å². The van der Waals surface area contributed by atoms with Gasteiger partial charge in [0.05, 0.1) is 18.4 Å². The maximum absolute atomic E-state index is 11.4. The second-order valence-corrected chi connectivity index (χ2v) is 3.66. The Hall–Kier alpha value is -1.42. The lowest BCUT2D eigenvalue weighted by molar-refractivity contribution is 0.0602. The first-order valence-electron chi connectivity index (χ1n) is 4.95. The van der Waals surface area contributed by atoms with E-state index in [9.17, 15) is 4.79 Å². The minimum absolute atomic E-state index is 0.399. The van der Waals surface area contributed by atoms with Crippen molar-refractivity contribution in [3.63, 3.8) is 0 Å². The van der Waals surface area contributed by atoms with Gasteiger partial charge in [0.25, 0.3) is 0 Å². The molecule has 0 radical (unpaired) electrons. The Bertz CT molecular complexity index is 402. The number of allylic oxidation sites excluding steroid dienone is 1. The maximum Gasteiger partial charge on any atom is 0.339 e. The van der Waals surface area contributed by atoms with E-state index in [2.05, 4.69) is 17.4 Å². The number of nitrogens with two attached hydrogens (primary N) is 1.